The molecule has 14 heavy (non-hydrogen) atoms. The van der Waals surface area contributed by atoms with Crippen LogP contribution in [0.5, 0.6) is 0 Å². The largest absolute Gasteiger partial charge is 0.481 e. The Balaban J connectivity index is 2.63. The van der Waals surface area contributed by atoms with Gasteiger partial charge in [0.25, 0.3) is 0 Å². The second kappa shape index (κ2) is 4.79. The minimum Gasteiger partial charge on any atom is -0.481 e. The van der Waals surface area contributed by atoms with E-state index in [4.69, 9.17) is 5.11 Å². The van der Waals surface area contributed by atoms with Gasteiger partial charge in [-0.1, -0.05) is 5.57 Å². The Kier molecular flexibility index (Phi) is 3.68. The lowest BCUT2D eigenvalue weighted by Gasteiger charge is -2.03. The van der Waals surface area contributed by atoms with Gasteiger partial charge in [-0.25, -0.2) is 4.79 Å². The van der Waals surface area contributed by atoms with Crippen molar-refractivity contribution >= 4 is 11.9 Å². The monoisotopic (exact) mass is 198 g/mol. The fraction of sp³-hybridized carbons (Fsp3) is 0.600. The number of allylic oxidation sites excluding steroid dienone is 1. The molecule has 0 heterocycles. The number of rotatable bonds is 4. The molecule has 0 saturated carbocycles. The molecule has 0 spiro atoms. The van der Waals surface area contributed by atoms with Crippen LogP contribution >= 0.6 is 0 Å². The first kappa shape index (κ1) is 10.8. The number of hydrogen-bond donors (Lipinski definition) is 1. The Labute approximate surface area is 82.6 Å². The molecule has 0 aromatic heterocycles. The van der Waals surface area contributed by atoms with E-state index in [2.05, 4.69) is 4.74 Å². The lowest BCUT2D eigenvalue weighted by atomic mass is 10.1. The highest BCUT2D eigenvalue weighted by molar-refractivity contribution is 5.89. The number of carbonyl (C=O) groups excluding carboxylic acids is 1. The third-order valence-corrected chi connectivity index (χ3v) is 2.40. The summed E-state index contributed by atoms with van der Waals surface area (Å²) in [6, 6.07) is 0. The van der Waals surface area contributed by atoms with Gasteiger partial charge in [-0.2, -0.15) is 0 Å². The lowest BCUT2D eigenvalue weighted by molar-refractivity contribution is -0.138. The number of carboxylic acids is 1. The maximum Gasteiger partial charge on any atom is 0.333 e. The zero-order valence-electron chi connectivity index (χ0n) is 8.21. The van der Waals surface area contributed by atoms with Crippen LogP contribution in [0.4, 0.5) is 0 Å². The van der Waals surface area contributed by atoms with Crippen molar-refractivity contribution in [3.63, 3.8) is 0 Å². The highest BCUT2D eigenvalue weighted by atomic mass is 16.5. The molecule has 1 aliphatic rings. The SMILES string of the molecule is COC(=O)C1=C(CCC(=O)O)CCC1. The molecule has 0 aromatic carbocycles. The molecule has 0 bridgehead atoms. The van der Waals surface area contributed by atoms with E-state index < -0.39 is 5.97 Å². The van der Waals surface area contributed by atoms with Crippen LogP contribution in [0, 0.1) is 0 Å². The molecule has 0 aliphatic heterocycles. The second-order valence-corrected chi connectivity index (χ2v) is 3.32. The van der Waals surface area contributed by atoms with Crippen molar-refractivity contribution in [3.8, 4) is 0 Å². The van der Waals surface area contributed by atoms with E-state index in [9.17, 15) is 9.59 Å². The minimum absolute atomic E-state index is 0.0931. The third kappa shape index (κ3) is 2.58. The molecule has 1 rings (SSSR count). The molecule has 0 amide bonds. The molecular formula is C10H14O4. The van der Waals surface area contributed by atoms with E-state index >= 15 is 0 Å². The van der Waals surface area contributed by atoms with Crippen LogP contribution in [-0.4, -0.2) is 24.2 Å². The molecule has 0 unspecified atom stereocenters. The summed E-state index contributed by atoms with van der Waals surface area (Å²) in [5.74, 6) is -1.13. The van der Waals surface area contributed by atoms with Gasteiger partial charge in [-0.15, -0.1) is 0 Å². The van der Waals surface area contributed by atoms with Crippen LogP contribution < -0.4 is 0 Å². The standard InChI is InChI=1S/C10H14O4/c1-14-10(13)8-4-2-3-7(8)5-6-9(11)12/h2-6H2,1H3,(H,11,12). The molecule has 0 atom stereocenters. The molecule has 1 N–H and O–H groups in total. The van der Waals surface area contributed by atoms with E-state index in [-0.39, 0.29) is 12.4 Å². The van der Waals surface area contributed by atoms with Crippen molar-refractivity contribution in [1.29, 1.82) is 0 Å². The average molecular weight is 198 g/mol. The number of carbonyl (C=O) groups is 2. The van der Waals surface area contributed by atoms with Gasteiger partial charge in [0.15, 0.2) is 0 Å². The van der Waals surface area contributed by atoms with Crippen LogP contribution in [0.15, 0.2) is 11.1 Å². The van der Waals surface area contributed by atoms with Crippen LogP contribution in [-0.2, 0) is 14.3 Å². The fourth-order valence-corrected chi connectivity index (χ4v) is 1.71. The number of carboxylic acid groups (broad SMARTS) is 1. The average Bonchev–Trinajstić information content (AvgIpc) is 2.61. The van der Waals surface area contributed by atoms with Gasteiger partial charge in [-0.05, 0) is 25.7 Å². The number of esters is 1. The summed E-state index contributed by atoms with van der Waals surface area (Å²) in [7, 11) is 1.35. The Hall–Kier alpha value is -1.32. The van der Waals surface area contributed by atoms with E-state index in [0.29, 0.717) is 12.0 Å². The van der Waals surface area contributed by atoms with Crippen LogP contribution in [0.3, 0.4) is 0 Å². The summed E-state index contributed by atoms with van der Waals surface area (Å²) >= 11 is 0. The van der Waals surface area contributed by atoms with Gasteiger partial charge < -0.3 is 9.84 Å². The van der Waals surface area contributed by atoms with Crippen molar-refractivity contribution in [2.75, 3.05) is 7.11 Å². The Morgan fingerprint density at radius 2 is 2.14 bits per heavy atom. The summed E-state index contributed by atoms with van der Waals surface area (Å²) in [5.41, 5.74) is 1.65. The summed E-state index contributed by atoms with van der Waals surface area (Å²) in [4.78, 5) is 21.6. The van der Waals surface area contributed by atoms with Crippen molar-refractivity contribution in [3.05, 3.63) is 11.1 Å². The molecule has 0 aromatic rings. The van der Waals surface area contributed by atoms with E-state index in [1.807, 2.05) is 0 Å². The van der Waals surface area contributed by atoms with Gasteiger partial charge in [0.2, 0.25) is 0 Å². The first-order valence-electron chi connectivity index (χ1n) is 4.66. The van der Waals surface area contributed by atoms with Gasteiger partial charge >= 0.3 is 11.9 Å². The molecule has 78 valence electrons. The zero-order chi connectivity index (χ0) is 10.6. The predicted molar refractivity (Wildman–Crippen MR) is 49.8 cm³/mol. The van der Waals surface area contributed by atoms with Crippen molar-refractivity contribution in [1.82, 2.24) is 0 Å². The molecule has 0 saturated heterocycles. The first-order chi connectivity index (χ1) is 6.65. The second-order valence-electron chi connectivity index (χ2n) is 3.32. The fourth-order valence-electron chi connectivity index (χ4n) is 1.71. The van der Waals surface area contributed by atoms with Crippen molar-refractivity contribution in [2.24, 2.45) is 0 Å². The third-order valence-electron chi connectivity index (χ3n) is 2.40. The topological polar surface area (TPSA) is 63.6 Å². The maximum atomic E-state index is 11.2. The number of methoxy groups -OCH3 is 1. The quantitative estimate of drug-likeness (QED) is 0.695. The van der Waals surface area contributed by atoms with Crippen molar-refractivity contribution < 1.29 is 19.4 Å². The molecule has 1 aliphatic carbocycles. The number of hydrogen-bond acceptors (Lipinski definition) is 3. The Morgan fingerprint density at radius 1 is 1.43 bits per heavy atom. The van der Waals surface area contributed by atoms with E-state index in [0.717, 1.165) is 24.8 Å². The molecular weight excluding hydrogens is 184 g/mol. The normalized spacial score (nSPS) is 15.8. The van der Waals surface area contributed by atoms with Crippen LogP contribution in [0.1, 0.15) is 32.1 Å². The highest BCUT2D eigenvalue weighted by Crippen LogP contribution is 2.29. The number of ether oxygens (including phenoxy) is 1. The van der Waals surface area contributed by atoms with Crippen LogP contribution in [0.25, 0.3) is 0 Å². The van der Waals surface area contributed by atoms with E-state index in [1.54, 1.807) is 0 Å². The Bertz CT molecular complexity index is 278. The van der Waals surface area contributed by atoms with Gasteiger partial charge in [0, 0.05) is 12.0 Å². The minimum atomic E-state index is -0.825. The summed E-state index contributed by atoms with van der Waals surface area (Å²) in [5, 5.41) is 8.52. The number of aliphatic carboxylic acids is 1. The molecule has 4 nitrogen and oxygen atoms in total. The summed E-state index contributed by atoms with van der Waals surface area (Å²) in [6.07, 6.45) is 3.05. The lowest BCUT2D eigenvalue weighted by Crippen LogP contribution is -2.05. The maximum absolute atomic E-state index is 11.2. The predicted octanol–water partition coefficient (Wildman–Crippen LogP) is 1.50. The van der Waals surface area contributed by atoms with Crippen molar-refractivity contribution in [2.45, 2.75) is 32.1 Å². The summed E-state index contributed by atoms with van der Waals surface area (Å²) in [6.45, 7) is 0. The van der Waals surface area contributed by atoms with Gasteiger partial charge in [-0.3, -0.25) is 4.79 Å². The van der Waals surface area contributed by atoms with E-state index in [1.165, 1.54) is 7.11 Å². The van der Waals surface area contributed by atoms with Gasteiger partial charge in [0.1, 0.15) is 0 Å². The first-order valence-corrected chi connectivity index (χ1v) is 4.66. The highest BCUT2D eigenvalue weighted by Gasteiger charge is 2.21. The Morgan fingerprint density at radius 3 is 2.71 bits per heavy atom. The van der Waals surface area contributed by atoms with Crippen LogP contribution in [0.2, 0.25) is 0 Å². The summed E-state index contributed by atoms with van der Waals surface area (Å²) < 4.78 is 4.63. The zero-order valence-corrected chi connectivity index (χ0v) is 8.21. The molecule has 4 heteroatoms. The molecule has 0 radical (unpaired) electrons. The smallest absolute Gasteiger partial charge is 0.333 e. The molecule has 0 fully saturated rings. The van der Waals surface area contributed by atoms with Gasteiger partial charge in [0.05, 0.1) is 7.11 Å².